The van der Waals surface area contributed by atoms with Gasteiger partial charge in [-0.25, -0.2) is 0 Å². The number of aryl methyl sites for hydroxylation is 1. The van der Waals surface area contributed by atoms with Gasteiger partial charge in [0.1, 0.15) is 0 Å². The van der Waals surface area contributed by atoms with Crippen LogP contribution in [0.15, 0.2) is 24.3 Å². The number of aldehydes is 1. The van der Waals surface area contributed by atoms with Crippen LogP contribution in [0.4, 0.5) is 0 Å². The van der Waals surface area contributed by atoms with Gasteiger partial charge in [0.25, 0.3) is 0 Å². The summed E-state index contributed by atoms with van der Waals surface area (Å²) >= 11 is 0. The van der Waals surface area contributed by atoms with Crippen LogP contribution >= 0.6 is 0 Å². The van der Waals surface area contributed by atoms with E-state index >= 15 is 0 Å². The normalized spacial score (nSPS) is 10.4. The minimum atomic E-state index is 0.298. The summed E-state index contributed by atoms with van der Waals surface area (Å²) in [6.07, 6.45) is 0.723. The average Bonchev–Trinajstić information content (AvgIpc) is 2.18. The van der Waals surface area contributed by atoms with Crippen molar-refractivity contribution in [3.63, 3.8) is 0 Å². The van der Waals surface area contributed by atoms with E-state index in [-0.39, 0.29) is 0 Å². The molecule has 3 heteroatoms. The molecule has 1 heterocycles. The molecule has 14 heavy (non-hydrogen) atoms. The molecular weight excluding hydrogens is 176 g/mol. The topological polar surface area (TPSA) is 56.7 Å². The third-order valence-electron chi connectivity index (χ3n) is 2.31. The predicted molar refractivity (Wildman–Crippen MR) is 54.3 cm³/mol. The number of hydrogen-bond donors (Lipinski definition) is 2. The second kappa shape index (κ2) is 3.10. The standard InChI is InChI=1S/C11H10N2O/c1-7-9(6-14)11(12)8-4-2-3-5-10(8)13-7/h2-6H,1H3,(H2,12,13). The van der Waals surface area contributed by atoms with Crippen molar-refractivity contribution >= 4 is 17.2 Å². The molecule has 0 fully saturated rings. The van der Waals surface area contributed by atoms with Gasteiger partial charge in [-0.1, -0.05) is 18.2 Å². The Balaban J connectivity index is 3.00. The molecule has 2 rings (SSSR count). The highest BCUT2D eigenvalue weighted by atomic mass is 16.1. The van der Waals surface area contributed by atoms with Crippen molar-refractivity contribution in [2.24, 2.45) is 0 Å². The number of aromatic amines is 1. The second-order valence-electron chi connectivity index (χ2n) is 3.20. The Morgan fingerprint density at radius 1 is 1.36 bits per heavy atom. The Kier molecular flexibility index (Phi) is 1.93. The maximum absolute atomic E-state index is 10.8. The zero-order chi connectivity index (χ0) is 10.1. The highest BCUT2D eigenvalue weighted by molar-refractivity contribution is 5.86. The lowest BCUT2D eigenvalue weighted by Gasteiger charge is -2.03. The monoisotopic (exact) mass is 186 g/mol. The van der Waals surface area contributed by atoms with Crippen LogP contribution in [0.2, 0.25) is 0 Å². The van der Waals surface area contributed by atoms with Crippen molar-refractivity contribution in [2.75, 3.05) is 0 Å². The van der Waals surface area contributed by atoms with Crippen molar-refractivity contribution < 1.29 is 4.79 Å². The molecule has 0 spiro atoms. The molecule has 0 unspecified atom stereocenters. The van der Waals surface area contributed by atoms with Crippen LogP contribution < -0.4 is 5.36 Å². The van der Waals surface area contributed by atoms with Crippen LogP contribution in [0.3, 0.4) is 0 Å². The number of aromatic nitrogens is 1. The summed E-state index contributed by atoms with van der Waals surface area (Å²) in [4.78, 5) is 13.9. The van der Waals surface area contributed by atoms with Crippen LogP contribution in [0.1, 0.15) is 16.1 Å². The number of hydrogen-bond acceptors (Lipinski definition) is 2. The van der Waals surface area contributed by atoms with Gasteiger partial charge in [0.05, 0.1) is 10.9 Å². The molecule has 0 aliphatic heterocycles. The van der Waals surface area contributed by atoms with Gasteiger partial charge in [-0.2, -0.15) is 0 Å². The molecule has 1 aromatic heterocycles. The molecule has 0 radical (unpaired) electrons. The maximum Gasteiger partial charge on any atom is 0.153 e. The van der Waals surface area contributed by atoms with Crippen molar-refractivity contribution in [3.8, 4) is 0 Å². The molecule has 70 valence electrons. The second-order valence-corrected chi connectivity index (χ2v) is 3.20. The molecule has 0 amide bonds. The number of fused-ring (bicyclic) bond motifs is 1. The van der Waals surface area contributed by atoms with Crippen LogP contribution in [-0.4, -0.2) is 11.3 Å². The van der Waals surface area contributed by atoms with Crippen molar-refractivity contribution in [1.82, 2.24) is 4.98 Å². The Morgan fingerprint density at radius 3 is 2.79 bits per heavy atom. The first-order chi connectivity index (χ1) is 6.74. The molecule has 2 aromatic rings. The molecule has 3 nitrogen and oxygen atoms in total. The third kappa shape index (κ3) is 1.14. The highest BCUT2D eigenvalue weighted by Crippen LogP contribution is 2.08. The quantitative estimate of drug-likeness (QED) is 0.655. The molecule has 1 aromatic carbocycles. The minimum absolute atomic E-state index is 0.298. The van der Waals surface area contributed by atoms with Gasteiger partial charge in [-0.3, -0.25) is 10.2 Å². The lowest BCUT2D eigenvalue weighted by Crippen LogP contribution is -2.12. The summed E-state index contributed by atoms with van der Waals surface area (Å²) in [7, 11) is 0. The van der Waals surface area contributed by atoms with Crippen LogP contribution in [0, 0.1) is 12.3 Å². The van der Waals surface area contributed by atoms with E-state index in [1.807, 2.05) is 24.3 Å². The Bertz CT molecular complexity index is 555. The van der Waals surface area contributed by atoms with E-state index in [2.05, 4.69) is 4.98 Å². The number of pyridine rings is 1. The number of carbonyl (C=O) groups excluding carboxylic acids is 1. The Labute approximate surface area is 80.9 Å². The fourth-order valence-corrected chi connectivity index (χ4v) is 1.56. The molecule has 0 aliphatic carbocycles. The van der Waals surface area contributed by atoms with Gasteiger partial charge in [-0.15, -0.1) is 0 Å². The first kappa shape index (κ1) is 8.69. The van der Waals surface area contributed by atoms with E-state index in [9.17, 15) is 4.79 Å². The number of nitrogens with one attached hydrogen (secondary N) is 2. The van der Waals surface area contributed by atoms with Gasteiger partial charge in [0.15, 0.2) is 6.29 Å². The summed E-state index contributed by atoms with van der Waals surface area (Å²) in [5.41, 5.74) is 2.06. The minimum Gasteiger partial charge on any atom is -0.358 e. The highest BCUT2D eigenvalue weighted by Gasteiger charge is 2.03. The van der Waals surface area contributed by atoms with Gasteiger partial charge in [0, 0.05) is 16.6 Å². The zero-order valence-corrected chi connectivity index (χ0v) is 7.79. The van der Waals surface area contributed by atoms with Crippen molar-refractivity contribution in [2.45, 2.75) is 6.92 Å². The summed E-state index contributed by atoms with van der Waals surface area (Å²) in [5, 5.41) is 8.91. The van der Waals surface area contributed by atoms with Crippen LogP contribution in [0.5, 0.6) is 0 Å². The van der Waals surface area contributed by atoms with Gasteiger partial charge in [-0.05, 0) is 13.0 Å². The molecule has 0 bridgehead atoms. The van der Waals surface area contributed by atoms with E-state index in [1.54, 1.807) is 6.92 Å². The van der Waals surface area contributed by atoms with Gasteiger partial charge >= 0.3 is 0 Å². The SMILES string of the molecule is Cc1[nH]c2ccccc2c(=N)c1C=O. The third-order valence-corrected chi connectivity index (χ3v) is 2.31. The lowest BCUT2D eigenvalue weighted by atomic mass is 10.1. The molecule has 0 aliphatic rings. The van der Waals surface area contributed by atoms with E-state index < -0.39 is 0 Å². The summed E-state index contributed by atoms with van der Waals surface area (Å²) in [6, 6.07) is 7.49. The smallest absolute Gasteiger partial charge is 0.153 e. The Hall–Kier alpha value is -1.90. The predicted octanol–water partition coefficient (Wildman–Crippen LogP) is 1.77. The van der Waals surface area contributed by atoms with Gasteiger partial charge < -0.3 is 4.98 Å². The van der Waals surface area contributed by atoms with E-state index in [1.165, 1.54) is 0 Å². The summed E-state index contributed by atoms with van der Waals surface area (Å²) in [5.74, 6) is 0. The molecular formula is C11H10N2O. The maximum atomic E-state index is 10.8. The number of carbonyl (C=O) groups is 1. The van der Waals surface area contributed by atoms with Crippen LogP contribution in [0.25, 0.3) is 10.9 Å². The number of para-hydroxylation sites is 1. The number of rotatable bonds is 1. The largest absolute Gasteiger partial charge is 0.358 e. The van der Waals surface area contributed by atoms with E-state index in [0.717, 1.165) is 22.9 Å². The van der Waals surface area contributed by atoms with Crippen LogP contribution in [-0.2, 0) is 0 Å². The summed E-state index contributed by atoms with van der Waals surface area (Å²) in [6.45, 7) is 1.80. The van der Waals surface area contributed by atoms with Gasteiger partial charge in [0.2, 0.25) is 0 Å². The van der Waals surface area contributed by atoms with Crippen molar-refractivity contribution in [1.29, 1.82) is 5.41 Å². The number of H-pyrrole nitrogens is 1. The molecule has 0 saturated carbocycles. The van der Waals surface area contributed by atoms with E-state index in [4.69, 9.17) is 5.41 Å². The molecule has 2 N–H and O–H groups in total. The molecule has 0 saturated heterocycles. The van der Waals surface area contributed by atoms with Crippen molar-refractivity contribution in [3.05, 3.63) is 40.9 Å². The average molecular weight is 186 g/mol. The zero-order valence-electron chi connectivity index (χ0n) is 7.79. The first-order valence-corrected chi connectivity index (χ1v) is 4.35. The Morgan fingerprint density at radius 2 is 2.07 bits per heavy atom. The lowest BCUT2D eigenvalue weighted by molar-refractivity contribution is 0.112. The molecule has 0 atom stereocenters. The summed E-state index contributed by atoms with van der Waals surface area (Å²) < 4.78 is 0. The fraction of sp³-hybridized carbons (Fsp3) is 0.0909. The first-order valence-electron chi connectivity index (χ1n) is 4.35. The fourth-order valence-electron chi connectivity index (χ4n) is 1.56. The number of benzene rings is 1. The van der Waals surface area contributed by atoms with E-state index in [0.29, 0.717) is 10.9 Å².